The molecule has 1 unspecified atom stereocenters. The summed E-state index contributed by atoms with van der Waals surface area (Å²) < 4.78 is 15.7. The van der Waals surface area contributed by atoms with Gasteiger partial charge in [0.15, 0.2) is 18.1 Å². The van der Waals surface area contributed by atoms with E-state index < -0.39 is 5.97 Å². The SMILES string of the molecule is CCOc1c(OCC(=O)OC)ccc2c1CC(N)C2. The number of nitrogens with two attached hydrogens (primary N) is 1. The van der Waals surface area contributed by atoms with Gasteiger partial charge in [-0.05, 0) is 31.4 Å². The first kappa shape index (κ1) is 13.7. The van der Waals surface area contributed by atoms with Gasteiger partial charge < -0.3 is 19.9 Å². The van der Waals surface area contributed by atoms with E-state index in [1.165, 1.54) is 12.7 Å². The van der Waals surface area contributed by atoms with Crippen LogP contribution < -0.4 is 15.2 Å². The van der Waals surface area contributed by atoms with Gasteiger partial charge in [-0.2, -0.15) is 0 Å². The van der Waals surface area contributed by atoms with Crippen LogP contribution in [0.15, 0.2) is 12.1 Å². The minimum absolute atomic E-state index is 0.124. The maximum absolute atomic E-state index is 11.1. The van der Waals surface area contributed by atoms with Crippen molar-refractivity contribution in [3.05, 3.63) is 23.3 Å². The molecule has 1 aliphatic rings. The van der Waals surface area contributed by atoms with Gasteiger partial charge in [-0.25, -0.2) is 4.79 Å². The third kappa shape index (κ3) is 2.98. The Bertz CT molecular complexity index is 473. The van der Waals surface area contributed by atoms with Crippen molar-refractivity contribution in [3.8, 4) is 11.5 Å². The maximum atomic E-state index is 11.1. The fourth-order valence-corrected chi connectivity index (χ4v) is 2.29. The zero-order valence-corrected chi connectivity index (χ0v) is 11.3. The Hall–Kier alpha value is -1.75. The topological polar surface area (TPSA) is 70.8 Å². The summed E-state index contributed by atoms with van der Waals surface area (Å²) in [6.07, 6.45) is 1.63. The Morgan fingerprint density at radius 1 is 1.37 bits per heavy atom. The molecule has 0 saturated carbocycles. The molecule has 19 heavy (non-hydrogen) atoms. The molecular weight excluding hydrogens is 246 g/mol. The van der Waals surface area contributed by atoms with Crippen LogP contribution in [-0.4, -0.2) is 32.3 Å². The second-order valence-electron chi connectivity index (χ2n) is 4.50. The fraction of sp³-hybridized carbons (Fsp3) is 0.500. The minimum atomic E-state index is -0.417. The highest BCUT2D eigenvalue weighted by molar-refractivity contribution is 5.71. The minimum Gasteiger partial charge on any atom is -0.490 e. The highest BCUT2D eigenvalue weighted by Crippen LogP contribution is 2.38. The Balaban J connectivity index is 2.23. The van der Waals surface area contributed by atoms with Crippen LogP contribution in [0, 0.1) is 0 Å². The molecule has 0 saturated heterocycles. The molecule has 104 valence electrons. The molecule has 0 aromatic heterocycles. The van der Waals surface area contributed by atoms with Crippen molar-refractivity contribution in [2.75, 3.05) is 20.3 Å². The van der Waals surface area contributed by atoms with Crippen LogP contribution in [0.25, 0.3) is 0 Å². The molecule has 0 amide bonds. The quantitative estimate of drug-likeness (QED) is 0.806. The number of methoxy groups -OCH3 is 1. The van der Waals surface area contributed by atoms with Crippen molar-refractivity contribution < 1.29 is 19.0 Å². The summed E-state index contributed by atoms with van der Waals surface area (Å²) in [6, 6.07) is 3.94. The lowest BCUT2D eigenvalue weighted by Crippen LogP contribution is -2.19. The van der Waals surface area contributed by atoms with Gasteiger partial charge in [-0.15, -0.1) is 0 Å². The van der Waals surface area contributed by atoms with Crippen LogP contribution >= 0.6 is 0 Å². The third-order valence-corrected chi connectivity index (χ3v) is 3.13. The molecule has 2 rings (SSSR count). The molecule has 1 aromatic rings. The Labute approximate surface area is 112 Å². The van der Waals surface area contributed by atoms with Gasteiger partial charge in [-0.3, -0.25) is 0 Å². The lowest BCUT2D eigenvalue weighted by atomic mass is 10.1. The number of rotatable bonds is 5. The molecular formula is C14H19NO4. The van der Waals surface area contributed by atoms with Gasteiger partial charge in [0.25, 0.3) is 0 Å². The van der Waals surface area contributed by atoms with E-state index in [9.17, 15) is 4.79 Å². The normalized spacial score (nSPS) is 16.9. The molecule has 2 N–H and O–H groups in total. The molecule has 0 fully saturated rings. The van der Waals surface area contributed by atoms with E-state index >= 15 is 0 Å². The molecule has 0 aliphatic heterocycles. The second kappa shape index (κ2) is 5.93. The van der Waals surface area contributed by atoms with Gasteiger partial charge in [0, 0.05) is 11.6 Å². The van der Waals surface area contributed by atoms with Crippen molar-refractivity contribution in [2.24, 2.45) is 5.73 Å². The first-order valence-electron chi connectivity index (χ1n) is 6.38. The maximum Gasteiger partial charge on any atom is 0.343 e. The lowest BCUT2D eigenvalue weighted by Gasteiger charge is -2.15. The number of hydrogen-bond acceptors (Lipinski definition) is 5. The van der Waals surface area contributed by atoms with Crippen LogP contribution in [-0.2, 0) is 22.4 Å². The molecule has 5 heteroatoms. The predicted octanol–water partition coefficient (Wildman–Crippen LogP) is 1.06. The van der Waals surface area contributed by atoms with Crippen LogP contribution in [0.2, 0.25) is 0 Å². The van der Waals surface area contributed by atoms with E-state index in [1.807, 2.05) is 19.1 Å². The number of fused-ring (bicyclic) bond motifs is 1. The number of hydrogen-bond donors (Lipinski definition) is 1. The predicted molar refractivity (Wildman–Crippen MR) is 70.5 cm³/mol. The third-order valence-electron chi connectivity index (χ3n) is 3.13. The zero-order chi connectivity index (χ0) is 13.8. The largest absolute Gasteiger partial charge is 0.490 e. The average molecular weight is 265 g/mol. The molecule has 1 atom stereocenters. The van der Waals surface area contributed by atoms with Crippen molar-refractivity contribution in [3.63, 3.8) is 0 Å². The number of esters is 1. The summed E-state index contributed by atoms with van der Waals surface area (Å²) in [5, 5.41) is 0. The highest BCUT2D eigenvalue weighted by Gasteiger charge is 2.24. The smallest absolute Gasteiger partial charge is 0.343 e. The van der Waals surface area contributed by atoms with Crippen LogP contribution in [0.1, 0.15) is 18.1 Å². The number of benzene rings is 1. The average Bonchev–Trinajstić information content (AvgIpc) is 2.78. The molecule has 1 aromatic carbocycles. The lowest BCUT2D eigenvalue weighted by molar-refractivity contribution is -0.142. The first-order chi connectivity index (χ1) is 9.15. The summed E-state index contributed by atoms with van der Waals surface area (Å²) in [6.45, 7) is 2.33. The van der Waals surface area contributed by atoms with E-state index in [2.05, 4.69) is 4.74 Å². The standard InChI is InChI=1S/C14H19NO4/c1-3-18-14-11-7-10(15)6-9(11)4-5-12(14)19-8-13(16)17-2/h4-5,10H,3,6-8,15H2,1-2H3. The molecule has 0 radical (unpaired) electrons. The van der Waals surface area contributed by atoms with Gasteiger partial charge in [-0.1, -0.05) is 6.07 Å². The van der Waals surface area contributed by atoms with Crippen LogP contribution in [0.4, 0.5) is 0 Å². The van der Waals surface area contributed by atoms with E-state index in [-0.39, 0.29) is 12.6 Å². The van der Waals surface area contributed by atoms with E-state index in [0.717, 1.165) is 18.4 Å². The molecule has 5 nitrogen and oxygen atoms in total. The van der Waals surface area contributed by atoms with Crippen LogP contribution in [0.5, 0.6) is 11.5 Å². The Morgan fingerprint density at radius 2 is 2.16 bits per heavy atom. The Kier molecular flexibility index (Phi) is 4.27. The van der Waals surface area contributed by atoms with E-state index in [1.54, 1.807) is 0 Å². The number of ether oxygens (including phenoxy) is 3. The first-order valence-corrected chi connectivity index (χ1v) is 6.38. The number of carbonyl (C=O) groups excluding carboxylic acids is 1. The van der Waals surface area contributed by atoms with Gasteiger partial charge in [0.2, 0.25) is 0 Å². The van der Waals surface area contributed by atoms with Gasteiger partial charge in [0.1, 0.15) is 0 Å². The van der Waals surface area contributed by atoms with Crippen molar-refractivity contribution in [1.82, 2.24) is 0 Å². The van der Waals surface area contributed by atoms with Gasteiger partial charge in [0.05, 0.1) is 13.7 Å². The summed E-state index contributed by atoms with van der Waals surface area (Å²) >= 11 is 0. The second-order valence-corrected chi connectivity index (χ2v) is 4.50. The zero-order valence-electron chi connectivity index (χ0n) is 11.3. The summed E-state index contributed by atoms with van der Waals surface area (Å²) in [4.78, 5) is 11.1. The fourth-order valence-electron chi connectivity index (χ4n) is 2.29. The van der Waals surface area contributed by atoms with Gasteiger partial charge >= 0.3 is 5.97 Å². The van der Waals surface area contributed by atoms with Crippen molar-refractivity contribution in [2.45, 2.75) is 25.8 Å². The summed E-state index contributed by atoms with van der Waals surface area (Å²) in [5.41, 5.74) is 8.26. The molecule has 0 spiro atoms. The molecule has 0 bridgehead atoms. The summed E-state index contributed by atoms with van der Waals surface area (Å²) in [7, 11) is 1.33. The van der Waals surface area contributed by atoms with E-state index in [0.29, 0.717) is 18.1 Å². The monoisotopic (exact) mass is 265 g/mol. The molecule has 1 aliphatic carbocycles. The van der Waals surface area contributed by atoms with Crippen molar-refractivity contribution in [1.29, 1.82) is 0 Å². The number of carbonyl (C=O) groups is 1. The van der Waals surface area contributed by atoms with E-state index in [4.69, 9.17) is 15.2 Å². The van der Waals surface area contributed by atoms with Crippen LogP contribution in [0.3, 0.4) is 0 Å². The van der Waals surface area contributed by atoms with Crippen molar-refractivity contribution >= 4 is 5.97 Å². The summed E-state index contributed by atoms with van der Waals surface area (Å²) in [5.74, 6) is 0.858. The Morgan fingerprint density at radius 3 is 2.84 bits per heavy atom. The highest BCUT2D eigenvalue weighted by atomic mass is 16.6. The molecule has 0 heterocycles.